The Morgan fingerprint density at radius 3 is 2.16 bits per heavy atom. The van der Waals surface area contributed by atoms with E-state index in [1.165, 1.54) is 14.2 Å². The molecular weight excluding hydrogens is 322 g/mol. The minimum Gasteiger partial charge on any atom is -0.504 e. The van der Waals surface area contributed by atoms with E-state index in [1.807, 2.05) is 18.2 Å². The lowest BCUT2D eigenvalue weighted by molar-refractivity contribution is -0.134. The maximum Gasteiger partial charge on any atom is 0.311 e. The summed E-state index contributed by atoms with van der Waals surface area (Å²) in [5.41, 5.74) is 0.966. The summed E-state index contributed by atoms with van der Waals surface area (Å²) in [7, 11) is 2.87. The van der Waals surface area contributed by atoms with Crippen LogP contribution in [0.25, 0.3) is 10.8 Å². The first-order chi connectivity index (χ1) is 12.0. The van der Waals surface area contributed by atoms with Gasteiger partial charge in [0.2, 0.25) is 11.5 Å². The SMILES string of the molecule is CCC(=O)Oc1c(OC)c(OC)c(O)c2cc(N(CC)CC)ccc12. The third-order valence-corrected chi connectivity index (χ3v) is 4.17. The number of nitrogens with zero attached hydrogens (tertiary/aromatic N) is 1. The van der Waals surface area contributed by atoms with Crippen molar-refractivity contribution in [2.24, 2.45) is 0 Å². The normalized spacial score (nSPS) is 10.6. The maximum atomic E-state index is 11.9. The number of carbonyl (C=O) groups excluding carboxylic acids is 1. The molecule has 0 saturated carbocycles. The van der Waals surface area contributed by atoms with E-state index in [9.17, 15) is 9.90 Å². The van der Waals surface area contributed by atoms with Crippen LogP contribution in [0.4, 0.5) is 5.69 Å². The Kier molecular flexibility index (Phi) is 5.96. The van der Waals surface area contributed by atoms with Crippen LogP contribution >= 0.6 is 0 Å². The predicted molar refractivity (Wildman–Crippen MR) is 98.2 cm³/mol. The van der Waals surface area contributed by atoms with E-state index in [1.54, 1.807) is 6.92 Å². The Hall–Kier alpha value is -2.63. The molecule has 6 nitrogen and oxygen atoms in total. The number of carbonyl (C=O) groups is 1. The van der Waals surface area contributed by atoms with Crippen molar-refractivity contribution in [2.45, 2.75) is 27.2 Å². The topological polar surface area (TPSA) is 68.2 Å². The van der Waals surface area contributed by atoms with Crippen LogP contribution in [0.2, 0.25) is 0 Å². The van der Waals surface area contributed by atoms with Crippen LogP contribution in [-0.2, 0) is 4.79 Å². The molecular formula is C19H25NO5. The van der Waals surface area contributed by atoms with Crippen LogP contribution < -0.4 is 19.1 Å². The van der Waals surface area contributed by atoms with Gasteiger partial charge < -0.3 is 24.2 Å². The van der Waals surface area contributed by atoms with Crippen molar-refractivity contribution < 1.29 is 24.1 Å². The monoisotopic (exact) mass is 347 g/mol. The van der Waals surface area contributed by atoms with Gasteiger partial charge in [0.1, 0.15) is 0 Å². The number of anilines is 1. The largest absolute Gasteiger partial charge is 0.504 e. The van der Waals surface area contributed by atoms with Crippen LogP contribution in [0.5, 0.6) is 23.0 Å². The summed E-state index contributed by atoms with van der Waals surface area (Å²) in [6.07, 6.45) is 0.228. The summed E-state index contributed by atoms with van der Waals surface area (Å²) in [5, 5.41) is 11.8. The van der Waals surface area contributed by atoms with E-state index < -0.39 is 0 Å². The standard InChI is InChI=1S/C19H25NO5/c1-6-15(21)25-17-13-10-9-12(20(7-2)8-3)11-14(13)16(22)18(23-4)19(17)24-5/h9-11,22H,6-8H2,1-5H3. The molecule has 2 aromatic rings. The predicted octanol–water partition coefficient (Wildman–Crippen LogP) is 3.72. The van der Waals surface area contributed by atoms with Gasteiger partial charge in [-0.3, -0.25) is 4.79 Å². The third kappa shape index (κ3) is 3.43. The molecule has 0 unspecified atom stereocenters. The molecule has 0 radical (unpaired) electrons. The van der Waals surface area contributed by atoms with Gasteiger partial charge in [-0.2, -0.15) is 0 Å². The summed E-state index contributed by atoms with van der Waals surface area (Å²) in [6, 6.07) is 5.62. The molecule has 2 rings (SSSR count). The van der Waals surface area contributed by atoms with Crippen LogP contribution in [0.15, 0.2) is 18.2 Å². The van der Waals surface area contributed by atoms with Gasteiger partial charge >= 0.3 is 5.97 Å². The van der Waals surface area contributed by atoms with E-state index >= 15 is 0 Å². The quantitative estimate of drug-likeness (QED) is 0.608. The second-order valence-electron chi connectivity index (χ2n) is 5.47. The summed E-state index contributed by atoms with van der Waals surface area (Å²) in [6.45, 7) is 7.53. The summed E-state index contributed by atoms with van der Waals surface area (Å²) >= 11 is 0. The zero-order valence-electron chi connectivity index (χ0n) is 15.4. The Labute approximate surface area is 147 Å². The second-order valence-corrected chi connectivity index (χ2v) is 5.47. The fourth-order valence-electron chi connectivity index (χ4n) is 2.83. The molecule has 0 bridgehead atoms. The fraction of sp³-hybridized carbons (Fsp3) is 0.421. The number of phenols is 1. The van der Waals surface area contributed by atoms with E-state index in [0.717, 1.165) is 18.8 Å². The summed E-state index contributed by atoms with van der Waals surface area (Å²) in [4.78, 5) is 14.0. The lowest BCUT2D eigenvalue weighted by Crippen LogP contribution is -2.21. The number of rotatable bonds is 7. The first-order valence-electron chi connectivity index (χ1n) is 8.38. The molecule has 0 atom stereocenters. The molecule has 0 heterocycles. The number of phenolic OH excluding ortho intramolecular Hbond substituents is 1. The van der Waals surface area contributed by atoms with Crippen molar-refractivity contribution in [2.75, 3.05) is 32.2 Å². The molecule has 0 aromatic heterocycles. The number of esters is 1. The highest BCUT2D eigenvalue weighted by atomic mass is 16.6. The molecule has 0 aliphatic heterocycles. The number of methoxy groups -OCH3 is 2. The van der Waals surface area contributed by atoms with Gasteiger partial charge in [0, 0.05) is 36.0 Å². The van der Waals surface area contributed by atoms with Crippen LogP contribution in [0, 0.1) is 0 Å². The van der Waals surface area contributed by atoms with Crippen LogP contribution in [-0.4, -0.2) is 38.4 Å². The highest BCUT2D eigenvalue weighted by Crippen LogP contribution is 2.51. The number of ether oxygens (including phenoxy) is 3. The molecule has 0 amide bonds. The molecule has 0 saturated heterocycles. The minimum absolute atomic E-state index is 0.0420. The van der Waals surface area contributed by atoms with Crippen molar-refractivity contribution in [1.82, 2.24) is 0 Å². The highest BCUT2D eigenvalue weighted by molar-refractivity contribution is 6.01. The number of aromatic hydroxyl groups is 1. The molecule has 2 aromatic carbocycles. The van der Waals surface area contributed by atoms with Crippen molar-refractivity contribution in [3.05, 3.63) is 18.2 Å². The lowest BCUT2D eigenvalue weighted by Gasteiger charge is -2.23. The van der Waals surface area contributed by atoms with Gasteiger partial charge in [0.05, 0.1) is 14.2 Å². The van der Waals surface area contributed by atoms with Gasteiger partial charge in [-0.05, 0) is 32.0 Å². The van der Waals surface area contributed by atoms with E-state index in [4.69, 9.17) is 14.2 Å². The molecule has 0 fully saturated rings. The minimum atomic E-state index is -0.389. The third-order valence-electron chi connectivity index (χ3n) is 4.17. The average Bonchev–Trinajstić information content (AvgIpc) is 2.64. The van der Waals surface area contributed by atoms with Gasteiger partial charge in [-0.15, -0.1) is 0 Å². The molecule has 0 aliphatic rings. The van der Waals surface area contributed by atoms with E-state index in [2.05, 4.69) is 18.7 Å². The first-order valence-corrected chi connectivity index (χ1v) is 8.38. The van der Waals surface area contributed by atoms with E-state index in [0.29, 0.717) is 10.8 Å². The van der Waals surface area contributed by atoms with Crippen molar-refractivity contribution >= 4 is 22.4 Å². The number of fused-ring (bicyclic) bond motifs is 1. The molecule has 0 aliphatic carbocycles. The van der Waals surface area contributed by atoms with Crippen molar-refractivity contribution in [1.29, 1.82) is 0 Å². The maximum absolute atomic E-state index is 11.9. The molecule has 6 heteroatoms. The average molecular weight is 347 g/mol. The van der Waals surface area contributed by atoms with Gasteiger partial charge in [-0.25, -0.2) is 0 Å². The molecule has 1 N–H and O–H groups in total. The second kappa shape index (κ2) is 7.96. The lowest BCUT2D eigenvalue weighted by atomic mass is 10.0. The van der Waals surface area contributed by atoms with Gasteiger partial charge in [0.25, 0.3) is 0 Å². The Morgan fingerprint density at radius 2 is 1.64 bits per heavy atom. The van der Waals surface area contributed by atoms with E-state index in [-0.39, 0.29) is 35.4 Å². The Bertz CT molecular complexity index is 768. The van der Waals surface area contributed by atoms with Gasteiger partial charge in [-0.1, -0.05) is 6.92 Å². The van der Waals surface area contributed by atoms with Crippen molar-refractivity contribution in [3.63, 3.8) is 0 Å². The Balaban J connectivity index is 2.79. The van der Waals surface area contributed by atoms with Crippen LogP contribution in [0.3, 0.4) is 0 Å². The van der Waals surface area contributed by atoms with Crippen molar-refractivity contribution in [3.8, 4) is 23.0 Å². The number of hydrogen-bond acceptors (Lipinski definition) is 6. The molecule has 136 valence electrons. The number of hydrogen-bond donors (Lipinski definition) is 1. The first kappa shape index (κ1) is 18.7. The molecule has 25 heavy (non-hydrogen) atoms. The summed E-state index contributed by atoms with van der Waals surface area (Å²) < 4.78 is 16.1. The molecule has 0 spiro atoms. The zero-order valence-corrected chi connectivity index (χ0v) is 15.4. The van der Waals surface area contributed by atoms with Gasteiger partial charge in [0.15, 0.2) is 11.5 Å². The summed E-state index contributed by atoms with van der Waals surface area (Å²) in [5.74, 6) is 0.167. The van der Waals surface area contributed by atoms with Crippen LogP contribution in [0.1, 0.15) is 27.2 Å². The zero-order chi connectivity index (χ0) is 18.6. The highest BCUT2D eigenvalue weighted by Gasteiger charge is 2.24. The Morgan fingerprint density at radius 1 is 1.00 bits per heavy atom. The number of benzene rings is 2. The smallest absolute Gasteiger partial charge is 0.311 e. The fourth-order valence-corrected chi connectivity index (χ4v) is 2.83.